The summed E-state index contributed by atoms with van der Waals surface area (Å²) in [5.74, 6) is 0.761. The van der Waals surface area contributed by atoms with Gasteiger partial charge in [0.1, 0.15) is 12.4 Å². The van der Waals surface area contributed by atoms with Crippen molar-refractivity contribution in [3.05, 3.63) is 95.1 Å². The van der Waals surface area contributed by atoms with Crippen LogP contribution in [0, 0.1) is 0 Å². The molecular formula is C29H36N2O4S. The quantitative estimate of drug-likeness (QED) is 0.326. The summed E-state index contributed by atoms with van der Waals surface area (Å²) in [6, 6.07) is 22.6. The molecule has 0 bridgehead atoms. The predicted octanol–water partition coefficient (Wildman–Crippen LogP) is 5.54. The van der Waals surface area contributed by atoms with Crippen LogP contribution in [0.2, 0.25) is 0 Å². The number of rotatable bonds is 12. The van der Waals surface area contributed by atoms with Crippen molar-refractivity contribution in [2.75, 3.05) is 23.7 Å². The van der Waals surface area contributed by atoms with E-state index in [0.29, 0.717) is 24.4 Å². The van der Waals surface area contributed by atoms with Crippen molar-refractivity contribution in [2.24, 2.45) is 0 Å². The van der Waals surface area contributed by atoms with Crippen molar-refractivity contribution in [1.29, 1.82) is 0 Å². The molecule has 192 valence electrons. The lowest BCUT2D eigenvalue weighted by molar-refractivity contribution is 0.0947. The second-order valence-corrected chi connectivity index (χ2v) is 11.1. The number of aryl methyl sites for hydroxylation is 1. The first-order chi connectivity index (χ1) is 17.2. The van der Waals surface area contributed by atoms with Crippen molar-refractivity contribution >= 4 is 21.6 Å². The number of benzene rings is 3. The van der Waals surface area contributed by atoms with E-state index in [1.54, 1.807) is 24.3 Å². The molecule has 0 radical (unpaired) electrons. The van der Waals surface area contributed by atoms with Gasteiger partial charge in [0.25, 0.3) is 5.91 Å². The third-order valence-corrected chi connectivity index (χ3v) is 7.01. The normalized spacial score (nSPS) is 11.4. The van der Waals surface area contributed by atoms with Gasteiger partial charge in [-0.15, -0.1) is 0 Å². The standard InChI is InChI=1S/C29H36N2O4S/c1-5-8-23-13-17-26(18-14-23)35-20-19-30-29(32)25-15-11-24(12-16-25)21-31(36(4,33)34)28-10-7-6-9-27(28)22(2)3/h6-7,9-18,22H,5,8,19-21H2,1-4H3,(H,30,32). The second-order valence-electron chi connectivity index (χ2n) is 9.18. The minimum absolute atomic E-state index is 0.181. The van der Waals surface area contributed by atoms with Crippen LogP contribution in [0.5, 0.6) is 5.75 Å². The average molecular weight is 509 g/mol. The van der Waals surface area contributed by atoms with E-state index in [9.17, 15) is 13.2 Å². The molecule has 3 aromatic rings. The number of nitrogens with one attached hydrogen (secondary N) is 1. The smallest absolute Gasteiger partial charge is 0.251 e. The van der Waals surface area contributed by atoms with Gasteiger partial charge in [-0.3, -0.25) is 9.10 Å². The highest BCUT2D eigenvalue weighted by Crippen LogP contribution is 2.30. The zero-order valence-electron chi connectivity index (χ0n) is 21.5. The number of carbonyl (C=O) groups excluding carboxylic acids is 1. The number of hydrogen-bond acceptors (Lipinski definition) is 4. The summed E-state index contributed by atoms with van der Waals surface area (Å²) in [4.78, 5) is 12.5. The predicted molar refractivity (Wildman–Crippen MR) is 146 cm³/mol. The Labute approximate surface area is 215 Å². The fourth-order valence-corrected chi connectivity index (χ4v) is 4.89. The van der Waals surface area contributed by atoms with E-state index in [2.05, 4.69) is 24.4 Å². The van der Waals surface area contributed by atoms with Crippen LogP contribution in [-0.2, 0) is 23.0 Å². The van der Waals surface area contributed by atoms with Crippen molar-refractivity contribution in [2.45, 2.75) is 46.1 Å². The van der Waals surface area contributed by atoms with E-state index in [1.165, 1.54) is 16.1 Å². The Kier molecular flexibility index (Phi) is 9.53. The fourth-order valence-electron chi connectivity index (χ4n) is 3.99. The summed E-state index contributed by atoms with van der Waals surface area (Å²) >= 11 is 0. The van der Waals surface area contributed by atoms with Gasteiger partial charge in [0.05, 0.1) is 25.0 Å². The highest BCUT2D eigenvalue weighted by Gasteiger charge is 2.21. The lowest BCUT2D eigenvalue weighted by Gasteiger charge is -2.26. The molecule has 0 aliphatic carbocycles. The highest BCUT2D eigenvalue weighted by molar-refractivity contribution is 7.92. The van der Waals surface area contributed by atoms with E-state index in [0.717, 1.165) is 29.7 Å². The highest BCUT2D eigenvalue weighted by atomic mass is 32.2. The van der Waals surface area contributed by atoms with Crippen LogP contribution < -0.4 is 14.4 Å². The van der Waals surface area contributed by atoms with Gasteiger partial charge in [0.2, 0.25) is 10.0 Å². The third kappa shape index (κ3) is 7.59. The first-order valence-corrected chi connectivity index (χ1v) is 14.2. The molecule has 0 spiro atoms. The maximum Gasteiger partial charge on any atom is 0.251 e. The molecule has 0 saturated carbocycles. The number of hydrogen-bond donors (Lipinski definition) is 1. The molecule has 0 unspecified atom stereocenters. The number of sulfonamides is 1. The molecule has 1 amide bonds. The van der Waals surface area contributed by atoms with Crippen LogP contribution in [0.25, 0.3) is 0 Å². The van der Waals surface area contributed by atoms with Crippen LogP contribution >= 0.6 is 0 Å². The van der Waals surface area contributed by atoms with Crippen LogP contribution in [-0.4, -0.2) is 33.7 Å². The van der Waals surface area contributed by atoms with Crippen LogP contribution in [0.4, 0.5) is 5.69 Å². The van der Waals surface area contributed by atoms with Crippen molar-refractivity contribution in [1.82, 2.24) is 5.32 Å². The van der Waals surface area contributed by atoms with E-state index >= 15 is 0 Å². The van der Waals surface area contributed by atoms with Crippen LogP contribution in [0.1, 0.15) is 60.2 Å². The molecule has 0 aromatic heterocycles. The van der Waals surface area contributed by atoms with Gasteiger partial charge in [0, 0.05) is 5.56 Å². The van der Waals surface area contributed by atoms with Gasteiger partial charge >= 0.3 is 0 Å². The van der Waals surface area contributed by atoms with Gasteiger partial charge < -0.3 is 10.1 Å². The maximum absolute atomic E-state index is 12.6. The van der Waals surface area contributed by atoms with E-state index in [1.807, 2.05) is 50.2 Å². The van der Waals surface area contributed by atoms with Gasteiger partial charge in [-0.05, 0) is 59.4 Å². The number of ether oxygens (including phenoxy) is 1. The molecule has 3 aromatic carbocycles. The monoisotopic (exact) mass is 508 g/mol. The van der Waals surface area contributed by atoms with Gasteiger partial charge in [-0.2, -0.15) is 0 Å². The van der Waals surface area contributed by atoms with Crippen molar-refractivity contribution in [3.8, 4) is 5.75 Å². The van der Waals surface area contributed by atoms with Crippen LogP contribution in [0.15, 0.2) is 72.8 Å². The van der Waals surface area contributed by atoms with E-state index < -0.39 is 10.0 Å². The molecule has 0 fully saturated rings. The van der Waals surface area contributed by atoms with E-state index in [-0.39, 0.29) is 18.4 Å². The zero-order chi connectivity index (χ0) is 26.1. The Hall–Kier alpha value is -3.32. The third-order valence-electron chi connectivity index (χ3n) is 5.89. The maximum atomic E-state index is 12.6. The van der Waals surface area contributed by atoms with Crippen molar-refractivity contribution < 1.29 is 17.9 Å². The Balaban J connectivity index is 1.58. The van der Waals surface area contributed by atoms with Gasteiger partial charge in [0.15, 0.2) is 0 Å². The first-order valence-electron chi connectivity index (χ1n) is 12.3. The molecule has 36 heavy (non-hydrogen) atoms. The Bertz CT molecular complexity index is 1240. The molecule has 0 aliphatic rings. The summed E-state index contributed by atoms with van der Waals surface area (Å²) in [7, 11) is -3.50. The number of anilines is 1. The van der Waals surface area contributed by atoms with Gasteiger partial charge in [-0.25, -0.2) is 8.42 Å². The number of amides is 1. The topological polar surface area (TPSA) is 75.7 Å². The van der Waals surface area contributed by atoms with E-state index in [4.69, 9.17) is 4.74 Å². The largest absolute Gasteiger partial charge is 0.492 e. The molecule has 0 heterocycles. The molecule has 7 heteroatoms. The number of nitrogens with zero attached hydrogens (tertiary/aromatic N) is 1. The van der Waals surface area contributed by atoms with Gasteiger partial charge in [-0.1, -0.05) is 69.7 Å². The molecule has 6 nitrogen and oxygen atoms in total. The Morgan fingerprint density at radius 1 is 0.944 bits per heavy atom. The number of carbonyl (C=O) groups is 1. The molecule has 0 saturated heterocycles. The molecule has 0 aliphatic heterocycles. The molecular weight excluding hydrogens is 472 g/mol. The Morgan fingerprint density at radius 2 is 1.58 bits per heavy atom. The lowest BCUT2D eigenvalue weighted by atomic mass is 10.0. The summed E-state index contributed by atoms with van der Waals surface area (Å²) < 4.78 is 32.4. The minimum atomic E-state index is -3.50. The summed E-state index contributed by atoms with van der Waals surface area (Å²) in [6.45, 7) is 7.18. The summed E-state index contributed by atoms with van der Waals surface area (Å²) in [6.07, 6.45) is 3.37. The SMILES string of the molecule is CCCc1ccc(OCCNC(=O)c2ccc(CN(c3ccccc3C(C)C)S(C)(=O)=O)cc2)cc1. The van der Waals surface area contributed by atoms with Crippen molar-refractivity contribution in [3.63, 3.8) is 0 Å². The molecule has 3 rings (SSSR count). The van der Waals surface area contributed by atoms with Crippen LogP contribution in [0.3, 0.4) is 0 Å². The summed E-state index contributed by atoms with van der Waals surface area (Å²) in [5, 5.41) is 2.86. The molecule has 1 N–H and O–H groups in total. The average Bonchev–Trinajstić information content (AvgIpc) is 2.86. The zero-order valence-corrected chi connectivity index (χ0v) is 22.3. The second kappa shape index (κ2) is 12.6. The lowest BCUT2D eigenvalue weighted by Crippen LogP contribution is -2.30. The fraction of sp³-hybridized carbons (Fsp3) is 0.345. The first kappa shape index (κ1) is 27.3. The molecule has 0 atom stereocenters. The minimum Gasteiger partial charge on any atom is -0.492 e. The number of para-hydroxylation sites is 1. The Morgan fingerprint density at radius 3 is 2.19 bits per heavy atom. The summed E-state index contributed by atoms with van der Waals surface area (Å²) in [5.41, 5.74) is 4.24.